The van der Waals surface area contributed by atoms with Gasteiger partial charge < -0.3 is 10.6 Å². The van der Waals surface area contributed by atoms with Gasteiger partial charge >= 0.3 is 0 Å². The Kier molecular flexibility index (Phi) is 5.86. The molecule has 0 spiro atoms. The lowest BCUT2D eigenvalue weighted by Gasteiger charge is -2.10. The molecule has 2 N–H and O–H groups in total. The number of aryl methyl sites for hydroxylation is 2. The van der Waals surface area contributed by atoms with Crippen LogP contribution in [-0.4, -0.2) is 23.3 Å². The smallest absolute Gasteiger partial charge is 0.253 e. The molecule has 0 unspecified atom stereocenters. The third kappa shape index (κ3) is 4.71. The number of hydrogen-bond acceptors (Lipinski definition) is 3. The van der Waals surface area contributed by atoms with Crippen molar-refractivity contribution in [3.05, 3.63) is 69.8 Å². The van der Waals surface area contributed by atoms with Crippen LogP contribution in [0.25, 0.3) is 10.9 Å². The second-order valence-electron chi connectivity index (χ2n) is 6.33. The van der Waals surface area contributed by atoms with Crippen molar-refractivity contribution in [2.45, 2.75) is 20.3 Å². The van der Waals surface area contributed by atoms with Gasteiger partial charge in [-0.3, -0.25) is 14.6 Å². The van der Waals surface area contributed by atoms with Crippen LogP contribution in [0, 0.1) is 13.8 Å². The predicted molar refractivity (Wildman–Crippen MR) is 111 cm³/mol. The number of halogens is 1. The van der Waals surface area contributed by atoms with Gasteiger partial charge in [-0.25, -0.2) is 0 Å². The van der Waals surface area contributed by atoms with Crippen molar-refractivity contribution in [1.29, 1.82) is 0 Å². The number of rotatable bonds is 5. The molecule has 5 nitrogen and oxygen atoms in total. The first-order valence-corrected chi connectivity index (χ1v) is 9.44. The molecule has 138 valence electrons. The first-order chi connectivity index (χ1) is 12.9. The molecule has 0 saturated heterocycles. The fourth-order valence-electron chi connectivity index (χ4n) is 2.81. The van der Waals surface area contributed by atoms with Gasteiger partial charge in [-0.1, -0.05) is 34.1 Å². The highest BCUT2D eigenvalue weighted by Crippen LogP contribution is 2.20. The quantitative estimate of drug-likeness (QED) is 0.637. The molecule has 1 aromatic heterocycles. The number of para-hydroxylation sites is 1. The summed E-state index contributed by atoms with van der Waals surface area (Å²) < 4.78 is 0.963. The van der Waals surface area contributed by atoms with E-state index in [2.05, 4.69) is 31.5 Å². The molecule has 1 heterocycles. The fraction of sp³-hybridized carbons (Fsp3) is 0.190. The highest BCUT2D eigenvalue weighted by atomic mass is 79.9. The molecule has 27 heavy (non-hydrogen) atoms. The van der Waals surface area contributed by atoms with E-state index < -0.39 is 0 Å². The van der Waals surface area contributed by atoms with Gasteiger partial charge in [0.25, 0.3) is 5.91 Å². The van der Waals surface area contributed by atoms with Gasteiger partial charge in [-0.05, 0) is 49.7 Å². The number of anilines is 1. The maximum absolute atomic E-state index is 12.5. The molecule has 0 radical (unpaired) electrons. The normalized spacial score (nSPS) is 10.6. The monoisotopic (exact) mass is 425 g/mol. The van der Waals surface area contributed by atoms with E-state index in [1.807, 2.05) is 62.4 Å². The highest BCUT2D eigenvalue weighted by Gasteiger charge is 2.12. The van der Waals surface area contributed by atoms with E-state index in [4.69, 9.17) is 0 Å². The Bertz CT molecular complexity index is 1020. The minimum atomic E-state index is -0.224. The molecule has 3 rings (SSSR count). The Morgan fingerprint density at radius 2 is 1.85 bits per heavy atom. The van der Waals surface area contributed by atoms with Crippen molar-refractivity contribution in [2.24, 2.45) is 0 Å². The van der Waals surface area contributed by atoms with Crippen molar-refractivity contribution in [3.8, 4) is 0 Å². The van der Waals surface area contributed by atoms with Crippen LogP contribution in [0.1, 0.15) is 28.0 Å². The second-order valence-corrected chi connectivity index (χ2v) is 7.24. The molecule has 0 aliphatic rings. The first kappa shape index (κ1) is 19.0. The van der Waals surface area contributed by atoms with Gasteiger partial charge in [0, 0.05) is 28.5 Å². The van der Waals surface area contributed by atoms with Crippen LogP contribution in [0.4, 0.5) is 5.69 Å². The zero-order chi connectivity index (χ0) is 19.4. The lowest BCUT2D eigenvalue weighted by molar-refractivity contribution is -0.116. The Balaban J connectivity index is 1.58. The van der Waals surface area contributed by atoms with Crippen LogP contribution in [0.2, 0.25) is 0 Å². The molecule has 0 atom stereocenters. The van der Waals surface area contributed by atoms with Crippen LogP contribution in [0.5, 0.6) is 0 Å². The number of carbonyl (C=O) groups excluding carboxylic acids is 2. The second kappa shape index (κ2) is 8.31. The Labute approximate surface area is 166 Å². The van der Waals surface area contributed by atoms with E-state index in [0.717, 1.165) is 26.6 Å². The van der Waals surface area contributed by atoms with Gasteiger partial charge in [0.2, 0.25) is 5.91 Å². The number of hydrogen-bond donors (Lipinski definition) is 2. The van der Waals surface area contributed by atoms with E-state index in [9.17, 15) is 9.59 Å². The lowest BCUT2D eigenvalue weighted by atomic mass is 10.1. The van der Waals surface area contributed by atoms with E-state index in [1.165, 1.54) is 0 Å². The molecule has 0 fully saturated rings. The average molecular weight is 426 g/mol. The van der Waals surface area contributed by atoms with Crippen molar-refractivity contribution >= 4 is 44.3 Å². The Morgan fingerprint density at radius 3 is 2.63 bits per heavy atom. The topological polar surface area (TPSA) is 71.1 Å². The number of fused-ring (bicyclic) bond motifs is 1. The van der Waals surface area contributed by atoms with Crippen LogP contribution >= 0.6 is 15.9 Å². The van der Waals surface area contributed by atoms with Gasteiger partial charge in [0.1, 0.15) is 0 Å². The number of benzene rings is 2. The van der Waals surface area contributed by atoms with Gasteiger partial charge in [0.15, 0.2) is 0 Å². The molecular weight excluding hydrogens is 406 g/mol. The molecule has 2 amide bonds. The largest absolute Gasteiger partial charge is 0.351 e. The van der Waals surface area contributed by atoms with Gasteiger partial charge in [-0.15, -0.1) is 0 Å². The van der Waals surface area contributed by atoms with Crippen LogP contribution in [-0.2, 0) is 4.79 Å². The summed E-state index contributed by atoms with van der Waals surface area (Å²) in [5.41, 5.74) is 3.79. The predicted octanol–water partition coefficient (Wildman–Crippen LogP) is 4.37. The van der Waals surface area contributed by atoms with E-state index in [-0.39, 0.29) is 24.8 Å². The number of aromatic nitrogens is 1. The number of carbonyl (C=O) groups is 2. The van der Waals surface area contributed by atoms with Crippen molar-refractivity contribution in [3.63, 3.8) is 0 Å². The lowest BCUT2D eigenvalue weighted by Crippen LogP contribution is -2.28. The summed E-state index contributed by atoms with van der Waals surface area (Å²) in [5.74, 6) is -0.368. The van der Waals surface area contributed by atoms with E-state index in [1.54, 1.807) is 0 Å². The molecule has 3 aromatic rings. The van der Waals surface area contributed by atoms with Crippen molar-refractivity contribution < 1.29 is 9.59 Å². The first-order valence-electron chi connectivity index (χ1n) is 8.64. The maximum Gasteiger partial charge on any atom is 0.253 e. The maximum atomic E-state index is 12.5. The summed E-state index contributed by atoms with van der Waals surface area (Å²) in [6.07, 6.45) is 0.196. The minimum Gasteiger partial charge on any atom is -0.351 e. The van der Waals surface area contributed by atoms with Crippen LogP contribution < -0.4 is 10.6 Å². The molecule has 0 aliphatic heterocycles. The number of pyridine rings is 1. The summed E-state index contributed by atoms with van der Waals surface area (Å²) >= 11 is 3.40. The number of nitrogens with zero attached hydrogens (tertiary/aromatic N) is 1. The average Bonchev–Trinajstić information content (AvgIpc) is 2.63. The summed E-state index contributed by atoms with van der Waals surface area (Å²) in [6, 6.07) is 15.2. The summed E-state index contributed by atoms with van der Waals surface area (Å²) in [6.45, 7) is 3.99. The van der Waals surface area contributed by atoms with Crippen LogP contribution in [0.3, 0.4) is 0 Å². The van der Waals surface area contributed by atoms with Gasteiger partial charge in [0.05, 0.1) is 16.8 Å². The molecule has 0 bridgehead atoms. The Hall–Kier alpha value is -2.73. The SMILES string of the molecule is Cc1cc(Br)ccc1NC(=O)CCNC(=O)c1cc2ccccc2nc1C. The molecular formula is C21H20BrN3O2. The molecule has 0 aliphatic carbocycles. The summed E-state index contributed by atoms with van der Waals surface area (Å²) in [7, 11) is 0. The zero-order valence-electron chi connectivity index (χ0n) is 15.2. The standard InChI is InChI=1S/C21H20BrN3O2/c1-13-11-16(22)7-8-18(13)25-20(26)9-10-23-21(27)17-12-15-5-3-4-6-19(15)24-14(17)2/h3-8,11-12H,9-10H2,1-2H3,(H,23,27)(H,25,26). The molecule has 6 heteroatoms. The van der Waals surface area contributed by atoms with Crippen molar-refractivity contribution in [1.82, 2.24) is 10.3 Å². The van der Waals surface area contributed by atoms with Crippen LogP contribution in [0.15, 0.2) is 53.0 Å². The number of amides is 2. The third-order valence-corrected chi connectivity index (χ3v) is 4.75. The van der Waals surface area contributed by atoms with Gasteiger partial charge in [-0.2, -0.15) is 0 Å². The van der Waals surface area contributed by atoms with E-state index in [0.29, 0.717) is 11.3 Å². The number of nitrogens with one attached hydrogen (secondary N) is 2. The summed E-state index contributed by atoms with van der Waals surface area (Å²) in [5, 5.41) is 6.57. The fourth-order valence-corrected chi connectivity index (χ4v) is 3.28. The van der Waals surface area contributed by atoms with Crippen molar-refractivity contribution in [2.75, 3.05) is 11.9 Å². The molecule has 2 aromatic carbocycles. The Morgan fingerprint density at radius 1 is 1.07 bits per heavy atom. The summed E-state index contributed by atoms with van der Waals surface area (Å²) in [4.78, 5) is 29.0. The van der Waals surface area contributed by atoms with E-state index >= 15 is 0 Å². The minimum absolute atomic E-state index is 0.144. The zero-order valence-corrected chi connectivity index (χ0v) is 16.8. The third-order valence-electron chi connectivity index (χ3n) is 4.26. The highest BCUT2D eigenvalue weighted by molar-refractivity contribution is 9.10. The molecule has 0 saturated carbocycles.